The van der Waals surface area contributed by atoms with Crippen LogP contribution in [-0.2, 0) is 0 Å². The van der Waals surface area contributed by atoms with Crippen LogP contribution in [0.5, 0.6) is 0 Å². The van der Waals surface area contributed by atoms with Gasteiger partial charge < -0.3 is 4.90 Å². The molecule has 0 radical (unpaired) electrons. The Kier molecular flexibility index (Phi) is 7.47. The smallest absolute Gasteiger partial charge is 0.0342 e. The average Bonchev–Trinajstić information content (AvgIpc) is 2.21. The van der Waals surface area contributed by atoms with Gasteiger partial charge in [0, 0.05) is 11.9 Å². The van der Waals surface area contributed by atoms with Gasteiger partial charge >= 0.3 is 0 Å². The van der Waals surface area contributed by atoms with Crippen LogP contribution in [0.15, 0.2) is 0 Å². The fraction of sp³-hybridized carbons (Fsp3) is 1.00. The van der Waals surface area contributed by atoms with Crippen LogP contribution < -0.4 is 0 Å². The summed E-state index contributed by atoms with van der Waals surface area (Å²) in [5.41, 5.74) is 0. The van der Waals surface area contributed by atoms with Crippen molar-refractivity contribution in [1.29, 1.82) is 0 Å². The molecule has 0 aliphatic heterocycles. The maximum Gasteiger partial charge on any atom is 0.0342 e. The van der Waals surface area contributed by atoms with E-state index < -0.39 is 0 Å². The molecular formula is C14H28ClN. The fourth-order valence-corrected chi connectivity index (χ4v) is 3.00. The molecule has 0 amide bonds. The predicted octanol–water partition coefficient (Wildman–Crippen LogP) is 4.30. The molecule has 0 spiro atoms. The van der Waals surface area contributed by atoms with E-state index in [4.69, 9.17) is 11.6 Å². The summed E-state index contributed by atoms with van der Waals surface area (Å²) in [6.45, 7) is 4.81. The van der Waals surface area contributed by atoms with Gasteiger partial charge in [-0.2, -0.15) is 0 Å². The van der Waals surface area contributed by atoms with Gasteiger partial charge in [-0.15, -0.1) is 11.6 Å². The van der Waals surface area contributed by atoms with E-state index in [9.17, 15) is 0 Å². The summed E-state index contributed by atoms with van der Waals surface area (Å²) in [5.74, 6) is 0.882. The molecule has 0 atom stereocenters. The Bertz CT molecular complexity index is 166. The lowest BCUT2D eigenvalue weighted by Crippen LogP contribution is -2.35. The van der Waals surface area contributed by atoms with Crippen LogP contribution in [0.2, 0.25) is 0 Å². The highest BCUT2D eigenvalue weighted by Crippen LogP contribution is 2.32. The van der Waals surface area contributed by atoms with Gasteiger partial charge in [0.05, 0.1) is 0 Å². The van der Waals surface area contributed by atoms with Crippen LogP contribution in [0, 0.1) is 5.92 Å². The number of hydrogen-bond donors (Lipinski definition) is 0. The Morgan fingerprint density at radius 1 is 1.06 bits per heavy atom. The quantitative estimate of drug-likeness (QED) is 0.433. The SMILES string of the molecule is CCCCCCCCN(C)CC1CC(Cl)C1. The first-order valence-corrected chi connectivity index (χ1v) is 7.48. The van der Waals surface area contributed by atoms with E-state index in [1.807, 2.05) is 0 Å². The Morgan fingerprint density at radius 3 is 2.31 bits per heavy atom. The molecule has 1 aliphatic rings. The van der Waals surface area contributed by atoms with Crippen molar-refractivity contribution in [2.24, 2.45) is 5.92 Å². The number of hydrogen-bond acceptors (Lipinski definition) is 1. The van der Waals surface area contributed by atoms with E-state index >= 15 is 0 Å². The van der Waals surface area contributed by atoms with E-state index in [0.717, 1.165) is 5.92 Å². The van der Waals surface area contributed by atoms with Gasteiger partial charge in [-0.3, -0.25) is 0 Å². The van der Waals surface area contributed by atoms with Gasteiger partial charge in [-0.05, 0) is 38.8 Å². The van der Waals surface area contributed by atoms with Crippen LogP contribution >= 0.6 is 11.6 Å². The van der Waals surface area contributed by atoms with Gasteiger partial charge in [0.2, 0.25) is 0 Å². The molecule has 1 fully saturated rings. The normalized spacial score (nSPS) is 24.8. The Hall–Kier alpha value is 0.250. The third-order valence-corrected chi connectivity index (χ3v) is 4.00. The number of halogens is 1. The summed E-state index contributed by atoms with van der Waals surface area (Å²) in [6, 6.07) is 0. The number of unbranched alkanes of at least 4 members (excludes halogenated alkanes) is 5. The zero-order chi connectivity index (χ0) is 11.8. The van der Waals surface area contributed by atoms with E-state index in [1.165, 1.54) is 64.5 Å². The monoisotopic (exact) mass is 245 g/mol. The maximum atomic E-state index is 5.98. The van der Waals surface area contributed by atoms with Crippen LogP contribution in [0.1, 0.15) is 58.3 Å². The molecule has 0 N–H and O–H groups in total. The number of rotatable bonds is 9. The Balaban J connectivity index is 1.84. The lowest BCUT2D eigenvalue weighted by atomic mass is 9.84. The highest BCUT2D eigenvalue weighted by atomic mass is 35.5. The zero-order valence-electron chi connectivity index (χ0n) is 11.1. The number of nitrogens with zero attached hydrogens (tertiary/aromatic N) is 1. The molecule has 1 rings (SSSR count). The number of alkyl halides is 1. The van der Waals surface area contributed by atoms with Crippen molar-refractivity contribution in [2.45, 2.75) is 63.7 Å². The molecular weight excluding hydrogens is 218 g/mol. The van der Waals surface area contributed by atoms with E-state index in [1.54, 1.807) is 0 Å². The third kappa shape index (κ3) is 6.10. The predicted molar refractivity (Wildman–Crippen MR) is 73.2 cm³/mol. The summed E-state index contributed by atoms with van der Waals surface area (Å²) < 4.78 is 0. The van der Waals surface area contributed by atoms with Crippen LogP contribution in [0.3, 0.4) is 0 Å². The minimum atomic E-state index is 0.479. The minimum absolute atomic E-state index is 0.479. The van der Waals surface area contributed by atoms with E-state index in [0.29, 0.717) is 5.38 Å². The van der Waals surface area contributed by atoms with Crippen molar-refractivity contribution >= 4 is 11.6 Å². The first-order chi connectivity index (χ1) is 7.72. The van der Waals surface area contributed by atoms with E-state index in [2.05, 4.69) is 18.9 Å². The Morgan fingerprint density at radius 2 is 1.69 bits per heavy atom. The highest BCUT2D eigenvalue weighted by molar-refractivity contribution is 6.21. The molecule has 96 valence electrons. The van der Waals surface area contributed by atoms with Crippen molar-refractivity contribution in [2.75, 3.05) is 20.1 Å². The van der Waals surface area contributed by atoms with Crippen molar-refractivity contribution in [3.05, 3.63) is 0 Å². The topological polar surface area (TPSA) is 3.24 Å². The molecule has 16 heavy (non-hydrogen) atoms. The molecule has 1 aliphatic carbocycles. The molecule has 1 saturated carbocycles. The van der Waals surface area contributed by atoms with Gasteiger partial charge in [0.25, 0.3) is 0 Å². The van der Waals surface area contributed by atoms with E-state index in [-0.39, 0.29) is 0 Å². The second kappa shape index (κ2) is 8.36. The molecule has 0 aromatic carbocycles. The summed E-state index contributed by atoms with van der Waals surface area (Å²) in [5, 5.41) is 0.479. The van der Waals surface area contributed by atoms with Crippen molar-refractivity contribution < 1.29 is 0 Å². The van der Waals surface area contributed by atoms with Crippen LogP contribution in [-0.4, -0.2) is 30.4 Å². The van der Waals surface area contributed by atoms with Gasteiger partial charge in [-0.1, -0.05) is 39.0 Å². The maximum absolute atomic E-state index is 5.98. The molecule has 0 aromatic heterocycles. The Labute approximate surface area is 107 Å². The molecule has 0 heterocycles. The van der Waals surface area contributed by atoms with Gasteiger partial charge in [0.15, 0.2) is 0 Å². The van der Waals surface area contributed by atoms with Crippen molar-refractivity contribution in [3.8, 4) is 0 Å². The van der Waals surface area contributed by atoms with Crippen LogP contribution in [0.4, 0.5) is 0 Å². The first-order valence-electron chi connectivity index (χ1n) is 7.05. The second-order valence-corrected chi connectivity index (χ2v) is 6.08. The fourth-order valence-electron chi connectivity index (χ4n) is 2.50. The summed E-state index contributed by atoms with van der Waals surface area (Å²) >= 11 is 5.98. The molecule has 0 saturated heterocycles. The highest BCUT2D eigenvalue weighted by Gasteiger charge is 2.27. The lowest BCUT2D eigenvalue weighted by molar-refractivity contribution is 0.206. The van der Waals surface area contributed by atoms with Crippen molar-refractivity contribution in [3.63, 3.8) is 0 Å². The molecule has 2 heteroatoms. The third-order valence-electron chi connectivity index (χ3n) is 3.64. The lowest BCUT2D eigenvalue weighted by Gasteiger charge is -2.34. The first kappa shape index (κ1) is 14.3. The summed E-state index contributed by atoms with van der Waals surface area (Å²) in [7, 11) is 2.26. The molecule has 1 nitrogen and oxygen atoms in total. The standard InChI is InChI=1S/C14H28ClN/c1-3-4-5-6-7-8-9-16(2)12-13-10-14(15)11-13/h13-14H,3-12H2,1-2H3. The van der Waals surface area contributed by atoms with Gasteiger partial charge in [-0.25, -0.2) is 0 Å². The summed E-state index contributed by atoms with van der Waals surface area (Å²) in [4.78, 5) is 2.49. The largest absolute Gasteiger partial charge is 0.306 e. The summed E-state index contributed by atoms with van der Waals surface area (Å²) in [6.07, 6.45) is 10.9. The van der Waals surface area contributed by atoms with Crippen molar-refractivity contribution in [1.82, 2.24) is 4.90 Å². The molecule has 0 bridgehead atoms. The molecule has 0 aromatic rings. The zero-order valence-corrected chi connectivity index (χ0v) is 11.8. The molecule has 0 unspecified atom stereocenters. The minimum Gasteiger partial charge on any atom is -0.306 e. The second-order valence-electron chi connectivity index (χ2n) is 5.46. The average molecular weight is 246 g/mol. The van der Waals surface area contributed by atoms with Crippen LogP contribution in [0.25, 0.3) is 0 Å². The van der Waals surface area contributed by atoms with Gasteiger partial charge in [0.1, 0.15) is 0 Å².